The topological polar surface area (TPSA) is 108 Å². The van der Waals surface area contributed by atoms with Crippen molar-refractivity contribution in [2.24, 2.45) is 0 Å². The summed E-state index contributed by atoms with van der Waals surface area (Å²) >= 11 is 4.97. The highest BCUT2D eigenvalue weighted by atomic mass is 32.1. The van der Waals surface area contributed by atoms with Gasteiger partial charge < -0.3 is 20.1 Å². The van der Waals surface area contributed by atoms with Gasteiger partial charge in [-0.1, -0.05) is 0 Å². The van der Waals surface area contributed by atoms with Gasteiger partial charge in [-0.2, -0.15) is 0 Å². The van der Waals surface area contributed by atoms with E-state index in [0.717, 1.165) is 0 Å². The van der Waals surface area contributed by atoms with Crippen molar-refractivity contribution >= 4 is 12.2 Å². The van der Waals surface area contributed by atoms with Gasteiger partial charge in [-0.25, -0.2) is 0 Å². The summed E-state index contributed by atoms with van der Waals surface area (Å²) in [6.45, 7) is 1.18. The van der Waals surface area contributed by atoms with Crippen molar-refractivity contribution in [3.8, 4) is 0 Å². The Kier molecular flexibility index (Phi) is 3.64. The van der Waals surface area contributed by atoms with E-state index in [1.807, 2.05) is 0 Å². The second-order valence-corrected chi connectivity index (χ2v) is 4.59. The van der Waals surface area contributed by atoms with Crippen LogP contribution in [-0.2, 0) is 4.74 Å². The van der Waals surface area contributed by atoms with Gasteiger partial charge in [-0.05, 0) is 19.1 Å². The van der Waals surface area contributed by atoms with E-state index in [0.29, 0.717) is 5.56 Å². The van der Waals surface area contributed by atoms with E-state index in [1.165, 1.54) is 10.8 Å². The molecule has 18 heavy (non-hydrogen) atoms. The monoisotopic (exact) mass is 274 g/mol. The lowest BCUT2D eigenvalue weighted by Crippen LogP contribution is -2.33. The van der Waals surface area contributed by atoms with Crippen LogP contribution < -0.4 is 5.56 Å². The fourth-order valence-corrected chi connectivity index (χ4v) is 2.13. The Morgan fingerprint density at radius 2 is 2.17 bits per heavy atom. The van der Waals surface area contributed by atoms with Gasteiger partial charge in [0.05, 0.1) is 6.61 Å². The summed E-state index contributed by atoms with van der Waals surface area (Å²) < 4.78 is 6.76. The maximum Gasteiger partial charge on any atom is 0.254 e. The second kappa shape index (κ2) is 4.90. The van der Waals surface area contributed by atoms with Crippen molar-refractivity contribution in [1.29, 1.82) is 0 Å². The molecule has 0 radical (unpaired) electrons. The Labute approximate surface area is 107 Å². The van der Waals surface area contributed by atoms with E-state index in [-0.39, 0.29) is 10.3 Å². The van der Waals surface area contributed by atoms with Crippen LogP contribution in [-0.4, -0.2) is 49.8 Å². The summed E-state index contributed by atoms with van der Waals surface area (Å²) in [4.78, 5) is 13.8. The Morgan fingerprint density at radius 1 is 1.50 bits per heavy atom. The van der Waals surface area contributed by atoms with Crippen LogP contribution in [0.25, 0.3) is 0 Å². The number of hydrogen-bond donors (Lipinski definition) is 4. The molecule has 0 aromatic carbocycles. The minimum absolute atomic E-state index is 0.0837. The van der Waals surface area contributed by atoms with E-state index in [2.05, 4.69) is 4.98 Å². The number of aromatic amines is 1. The Bertz CT molecular complexity index is 554. The van der Waals surface area contributed by atoms with Crippen LogP contribution in [0.3, 0.4) is 0 Å². The second-order valence-electron chi connectivity index (χ2n) is 4.21. The lowest BCUT2D eigenvalue weighted by molar-refractivity contribution is -0.0542. The highest BCUT2D eigenvalue weighted by Crippen LogP contribution is 2.29. The van der Waals surface area contributed by atoms with Crippen molar-refractivity contribution < 1.29 is 20.1 Å². The largest absolute Gasteiger partial charge is 0.394 e. The molecule has 0 unspecified atom stereocenters. The molecule has 2 rings (SSSR count). The molecule has 0 spiro atoms. The molecule has 7 nitrogen and oxygen atoms in total. The van der Waals surface area contributed by atoms with Gasteiger partial charge in [0.2, 0.25) is 0 Å². The molecule has 1 aromatic rings. The molecule has 100 valence electrons. The maximum atomic E-state index is 11.3. The minimum Gasteiger partial charge on any atom is -0.394 e. The van der Waals surface area contributed by atoms with Crippen molar-refractivity contribution in [1.82, 2.24) is 9.55 Å². The van der Waals surface area contributed by atoms with Crippen molar-refractivity contribution in [3.05, 3.63) is 26.9 Å². The van der Waals surface area contributed by atoms with Crippen molar-refractivity contribution in [2.75, 3.05) is 6.61 Å². The number of aliphatic hydroxyl groups is 3. The van der Waals surface area contributed by atoms with Gasteiger partial charge in [-0.3, -0.25) is 14.3 Å². The summed E-state index contributed by atoms with van der Waals surface area (Å²) in [6, 6.07) is 0. The third-order valence-corrected chi connectivity index (χ3v) is 3.25. The first kappa shape index (κ1) is 13.4. The Balaban J connectivity index is 2.42. The van der Waals surface area contributed by atoms with E-state index >= 15 is 0 Å². The molecule has 1 fully saturated rings. The number of nitrogens with one attached hydrogen (secondary N) is 1. The molecule has 4 atom stereocenters. The van der Waals surface area contributed by atoms with Crippen LogP contribution in [0, 0.1) is 11.7 Å². The fourth-order valence-electron chi connectivity index (χ4n) is 1.88. The normalized spacial score (nSPS) is 31.8. The maximum absolute atomic E-state index is 11.3. The summed E-state index contributed by atoms with van der Waals surface area (Å²) in [7, 11) is 0. The van der Waals surface area contributed by atoms with Crippen LogP contribution in [0.5, 0.6) is 0 Å². The number of H-pyrrole nitrogens is 1. The fraction of sp³-hybridized carbons (Fsp3) is 0.600. The van der Waals surface area contributed by atoms with Gasteiger partial charge in [0.1, 0.15) is 18.3 Å². The molecule has 0 bridgehead atoms. The van der Waals surface area contributed by atoms with E-state index in [9.17, 15) is 15.0 Å². The van der Waals surface area contributed by atoms with Crippen LogP contribution >= 0.6 is 12.2 Å². The average Bonchev–Trinajstić information content (AvgIpc) is 2.61. The van der Waals surface area contributed by atoms with Crippen molar-refractivity contribution in [2.45, 2.75) is 31.5 Å². The first-order chi connectivity index (χ1) is 8.45. The molecule has 1 aliphatic rings. The smallest absolute Gasteiger partial charge is 0.254 e. The number of hydrogen-bond acceptors (Lipinski definition) is 6. The number of nitrogens with zero attached hydrogens (tertiary/aromatic N) is 1. The predicted molar refractivity (Wildman–Crippen MR) is 63.6 cm³/mol. The first-order valence-electron chi connectivity index (χ1n) is 5.40. The van der Waals surface area contributed by atoms with Crippen LogP contribution in [0.4, 0.5) is 0 Å². The van der Waals surface area contributed by atoms with Crippen LogP contribution in [0.1, 0.15) is 11.8 Å². The standard InChI is InChI=1S/C10H14N2O5S/c1-4-2-12(10(18)11-8(4)16)9-7(15)6(14)5(3-13)17-9/h2,5-7,9,13-15H,3H2,1H3,(H,11,16,18)/t5-,6+,7-,9-/m1/s1. The van der Waals surface area contributed by atoms with Crippen LogP contribution in [0.2, 0.25) is 0 Å². The predicted octanol–water partition coefficient (Wildman–Crippen LogP) is -1.17. The number of aliphatic hydroxyl groups excluding tert-OH is 3. The van der Waals surface area contributed by atoms with E-state index in [1.54, 1.807) is 6.92 Å². The lowest BCUT2D eigenvalue weighted by atomic mass is 10.1. The molecule has 0 aliphatic carbocycles. The minimum atomic E-state index is -1.22. The number of aryl methyl sites for hydroxylation is 1. The third-order valence-electron chi connectivity index (χ3n) is 2.94. The SMILES string of the molecule is Cc1cn([C@@H]2O[C@H](CO)[C@H](O)[C@H]2O)c(=S)[nH]c1=O. The van der Waals surface area contributed by atoms with E-state index < -0.39 is 31.1 Å². The molecule has 0 amide bonds. The quantitative estimate of drug-likeness (QED) is 0.506. The number of ether oxygens (including phenoxy) is 1. The molecule has 8 heteroatoms. The summed E-state index contributed by atoms with van der Waals surface area (Å²) in [5.41, 5.74) is 0.0873. The molecular formula is C10H14N2O5S. The highest BCUT2D eigenvalue weighted by Gasteiger charge is 2.43. The Morgan fingerprint density at radius 3 is 2.72 bits per heavy atom. The van der Waals surface area contributed by atoms with Crippen LogP contribution in [0.15, 0.2) is 11.0 Å². The zero-order chi connectivity index (χ0) is 13.4. The van der Waals surface area contributed by atoms with Gasteiger partial charge in [-0.15, -0.1) is 0 Å². The van der Waals surface area contributed by atoms with Gasteiger partial charge in [0.25, 0.3) is 5.56 Å². The highest BCUT2D eigenvalue weighted by molar-refractivity contribution is 7.71. The number of aromatic nitrogens is 2. The summed E-state index contributed by atoms with van der Waals surface area (Å²) in [6.07, 6.45) is -2.78. The van der Waals surface area contributed by atoms with Gasteiger partial charge >= 0.3 is 0 Å². The summed E-state index contributed by atoms with van der Waals surface area (Å²) in [5, 5.41) is 28.5. The number of rotatable bonds is 2. The Hall–Kier alpha value is -1.06. The molecule has 0 saturated carbocycles. The van der Waals surface area contributed by atoms with Crippen molar-refractivity contribution in [3.63, 3.8) is 0 Å². The molecule has 4 N–H and O–H groups in total. The summed E-state index contributed by atoms with van der Waals surface area (Å²) in [5.74, 6) is 0. The molecule has 2 heterocycles. The first-order valence-corrected chi connectivity index (χ1v) is 5.81. The zero-order valence-corrected chi connectivity index (χ0v) is 10.4. The average molecular weight is 274 g/mol. The molecule has 1 saturated heterocycles. The lowest BCUT2D eigenvalue weighted by Gasteiger charge is -2.18. The van der Waals surface area contributed by atoms with E-state index in [4.69, 9.17) is 22.1 Å². The van der Waals surface area contributed by atoms with Gasteiger partial charge in [0, 0.05) is 11.8 Å². The third kappa shape index (κ3) is 2.13. The molecular weight excluding hydrogens is 260 g/mol. The zero-order valence-electron chi connectivity index (χ0n) is 9.61. The molecule has 1 aliphatic heterocycles. The molecule has 1 aromatic heterocycles. The van der Waals surface area contributed by atoms with Gasteiger partial charge in [0.15, 0.2) is 11.0 Å².